The molecule has 0 amide bonds. The molecule has 164 valence electrons. The molecule has 1 heterocycles. The Morgan fingerprint density at radius 1 is 1.16 bits per heavy atom. The molecule has 5 nitrogen and oxygen atoms in total. The topological polar surface area (TPSA) is 96.0 Å². The highest BCUT2D eigenvalue weighted by Gasteiger charge is 2.46. The van der Waals surface area contributed by atoms with Gasteiger partial charge in [-0.1, -0.05) is 11.6 Å². The summed E-state index contributed by atoms with van der Waals surface area (Å²) >= 11 is 4.30. The number of hydrogen-bond donors (Lipinski definition) is 1. The molecule has 3 rings (SSSR count). The quantitative estimate of drug-likeness (QED) is 0.351. The lowest BCUT2D eigenvalue weighted by atomic mass is 10.1. The van der Waals surface area contributed by atoms with E-state index in [4.69, 9.17) is 11.6 Å². The minimum absolute atomic E-state index is 0.0703. The number of halogens is 5. The lowest BCUT2D eigenvalue weighted by Gasteiger charge is -2.15. The van der Waals surface area contributed by atoms with Crippen molar-refractivity contribution in [1.82, 2.24) is 4.98 Å². The average Bonchev–Trinajstić information content (AvgIpc) is 2.69. The van der Waals surface area contributed by atoms with Gasteiger partial charge in [-0.15, -0.1) is 13.2 Å². The third-order valence-electron chi connectivity index (χ3n) is 4.25. The molecule has 2 unspecified atom stereocenters. The summed E-state index contributed by atoms with van der Waals surface area (Å²) in [4.78, 5) is 27.5. The Bertz CT molecular complexity index is 1220. The van der Waals surface area contributed by atoms with Crippen molar-refractivity contribution in [1.29, 1.82) is 0 Å². The third kappa shape index (κ3) is 4.96. The summed E-state index contributed by atoms with van der Waals surface area (Å²) in [5, 5.41) is 0.0735. The normalized spacial score (nSPS) is 13.9. The highest BCUT2D eigenvalue weighted by atomic mass is 79.9. The standard InChI is InChI=1S/C19H12BrClF3NO4S2/c1-9(26)14-17(27)15-13(21)7-6-12(20)16(15)25-18(14)30(28)8-10-2-4-11(5-3-10)31(29)19(22,23)24/h2-7H,8H2,1H3,(H,25,27). The number of alkyl halides is 3. The zero-order chi connectivity index (χ0) is 23.1. The zero-order valence-electron chi connectivity index (χ0n) is 15.5. The SMILES string of the molecule is CC(=O)c1c([S+]([O-])Cc2ccc([S+]([O-])C(F)(F)F)cc2)[nH]c2c(Br)ccc(Cl)c2c1=O. The van der Waals surface area contributed by atoms with Crippen LogP contribution in [0.15, 0.2) is 55.6 Å². The summed E-state index contributed by atoms with van der Waals surface area (Å²) in [6, 6.07) is 7.64. The lowest BCUT2D eigenvalue weighted by molar-refractivity contribution is -0.0435. The molecule has 0 saturated heterocycles. The fourth-order valence-corrected chi connectivity index (χ4v) is 5.50. The second-order valence-electron chi connectivity index (χ2n) is 6.34. The second kappa shape index (κ2) is 9.16. The molecular formula is C19H12BrClF3NO4S2. The van der Waals surface area contributed by atoms with E-state index in [1.54, 1.807) is 6.07 Å². The van der Waals surface area contributed by atoms with Gasteiger partial charge in [0, 0.05) is 21.2 Å². The van der Waals surface area contributed by atoms with Gasteiger partial charge in [0.05, 0.1) is 27.1 Å². The van der Waals surface area contributed by atoms with E-state index in [0.29, 0.717) is 10.0 Å². The van der Waals surface area contributed by atoms with Crippen LogP contribution in [0.5, 0.6) is 0 Å². The first-order valence-electron chi connectivity index (χ1n) is 8.42. The number of pyridine rings is 1. The van der Waals surface area contributed by atoms with Crippen molar-refractivity contribution < 1.29 is 27.1 Å². The van der Waals surface area contributed by atoms with Gasteiger partial charge in [-0.3, -0.25) is 9.59 Å². The minimum Gasteiger partial charge on any atom is -0.610 e. The van der Waals surface area contributed by atoms with Crippen LogP contribution < -0.4 is 5.43 Å². The van der Waals surface area contributed by atoms with Crippen molar-refractivity contribution in [3.8, 4) is 0 Å². The highest BCUT2D eigenvalue weighted by molar-refractivity contribution is 9.10. The Morgan fingerprint density at radius 3 is 2.32 bits per heavy atom. The summed E-state index contributed by atoms with van der Waals surface area (Å²) in [6.45, 7) is 1.16. The molecule has 0 radical (unpaired) electrons. The number of fused-ring (bicyclic) bond motifs is 1. The molecule has 3 aromatic rings. The largest absolute Gasteiger partial charge is 0.610 e. The number of rotatable bonds is 5. The van der Waals surface area contributed by atoms with E-state index < -0.39 is 44.0 Å². The van der Waals surface area contributed by atoms with E-state index in [1.807, 2.05) is 0 Å². The van der Waals surface area contributed by atoms with Crippen molar-refractivity contribution in [2.45, 2.75) is 28.1 Å². The van der Waals surface area contributed by atoms with Crippen LogP contribution in [0.1, 0.15) is 22.8 Å². The number of Topliss-reactive ketones (excluding diaryl/α,β-unsaturated/α-hetero) is 1. The first-order valence-corrected chi connectivity index (χ1v) is 12.1. The van der Waals surface area contributed by atoms with E-state index in [1.165, 1.54) is 18.2 Å². The van der Waals surface area contributed by atoms with E-state index in [9.17, 15) is 31.9 Å². The number of nitrogens with one attached hydrogen (secondary N) is 1. The number of hydrogen-bond acceptors (Lipinski definition) is 4. The van der Waals surface area contributed by atoms with E-state index in [-0.39, 0.29) is 32.3 Å². The molecule has 0 fully saturated rings. The van der Waals surface area contributed by atoms with Gasteiger partial charge in [0.25, 0.3) is 0 Å². The molecule has 0 aliphatic carbocycles. The smallest absolute Gasteiger partial charge is 0.578 e. The van der Waals surface area contributed by atoms with Gasteiger partial charge in [-0.05, 0) is 59.3 Å². The van der Waals surface area contributed by atoms with Crippen LogP contribution in [-0.4, -0.2) is 25.4 Å². The summed E-state index contributed by atoms with van der Waals surface area (Å²) in [5.74, 6) is -0.808. The lowest BCUT2D eigenvalue weighted by Crippen LogP contribution is -2.23. The fourth-order valence-electron chi connectivity index (χ4n) is 2.86. The Hall–Kier alpha value is -1.50. The molecule has 0 saturated carbocycles. The van der Waals surface area contributed by atoms with Gasteiger partial charge in [-0.2, -0.15) is 0 Å². The van der Waals surface area contributed by atoms with Gasteiger partial charge in [0.1, 0.15) is 11.3 Å². The predicted octanol–water partition coefficient (Wildman–Crippen LogP) is 5.08. The molecular weight excluding hydrogens is 543 g/mol. The first kappa shape index (κ1) is 24.1. The van der Waals surface area contributed by atoms with E-state index >= 15 is 0 Å². The van der Waals surface area contributed by atoms with Gasteiger partial charge in [-0.25, -0.2) is 0 Å². The number of aromatic nitrogens is 1. The number of H-pyrrole nitrogens is 1. The monoisotopic (exact) mass is 553 g/mol. The Balaban J connectivity index is 2.02. The Labute approximate surface area is 193 Å². The zero-order valence-corrected chi connectivity index (χ0v) is 19.5. The Morgan fingerprint density at radius 2 is 1.77 bits per heavy atom. The molecule has 31 heavy (non-hydrogen) atoms. The number of aromatic amines is 1. The van der Waals surface area contributed by atoms with Crippen molar-refractivity contribution in [3.05, 3.63) is 67.2 Å². The van der Waals surface area contributed by atoms with Crippen LogP contribution in [0, 0.1) is 0 Å². The van der Waals surface area contributed by atoms with Crippen LogP contribution in [0.4, 0.5) is 13.2 Å². The van der Waals surface area contributed by atoms with E-state index in [2.05, 4.69) is 20.9 Å². The fraction of sp³-hybridized carbons (Fsp3) is 0.158. The maximum atomic E-state index is 13.0. The van der Waals surface area contributed by atoms with Crippen LogP contribution in [0.3, 0.4) is 0 Å². The molecule has 1 aromatic heterocycles. The highest BCUT2D eigenvalue weighted by Crippen LogP contribution is 2.31. The van der Waals surface area contributed by atoms with E-state index in [0.717, 1.165) is 19.1 Å². The van der Waals surface area contributed by atoms with Crippen molar-refractivity contribution in [3.63, 3.8) is 0 Å². The average molecular weight is 555 g/mol. The molecule has 2 atom stereocenters. The molecule has 0 bridgehead atoms. The molecule has 0 spiro atoms. The van der Waals surface area contributed by atoms with Gasteiger partial charge < -0.3 is 14.1 Å². The molecule has 12 heteroatoms. The molecule has 0 aliphatic heterocycles. The number of carbonyl (C=O) groups is 1. The number of carbonyl (C=O) groups excluding carboxylic acids is 1. The van der Waals surface area contributed by atoms with Crippen LogP contribution in [0.2, 0.25) is 5.02 Å². The minimum atomic E-state index is -4.89. The van der Waals surface area contributed by atoms with Crippen molar-refractivity contribution in [2.75, 3.05) is 0 Å². The van der Waals surface area contributed by atoms with Crippen molar-refractivity contribution in [2.24, 2.45) is 0 Å². The first-order chi connectivity index (χ1) is 14.4. The number of ketones is 1. The number of benzene rings is 2. The summed E-state index contributed by atoms with van der Waals surface area (Å²) < 4.78 is 62.6. The van der Waals surface area contributed by atoms with Crippen LogP contribution in [0.25, 0.3) is 10.9 Å². The second-order valence-corrected chi connectivity index (χ2v) is 10.5. The molecule has 1 N–H and O–H groups in total. The Kier molecular flexibility index (Phi) is 7.14. The summed E-state index contributed by atoms with van der Waals surface area (Å²) in [7, 11) is 0. The molecule has 2 aromatic carbocycles. The third-order valence-corrected chi connectivity index (χ3v) is 7.70. The van der Waals surface area contributed by atoms with Gasteiger partial charge in [0.2, 0.25) is 10.5 Å². The maximum Gasteiger partial charge on any atom is 0.578 e. The predicted molar refractivity (Wildman–Crippen MR) is 116 cm³/mol. The molecule has 0 aliphatic rings. The van der Waals surface area contributed by atoms with Crippen molar-refractivity contribution >= 4 is 66.6 Å². The van der Waals surface area contributed by atoms with Gasteiger partial charge in [0.15, 0.2) is 10.7 Å². The van der Waals surface area contributed by atoms with Crippen LogP contribution >= 0.6 is 27.5 Å². The van der Waals surface area contributed by atoms with Crippen LogP contribution in [-0.2, 0) is 28.1 Å². The maximum absolute atomic E-state index is 13.0. The summed E-state index contributed by atoms with van der Waals surface area (Å²) in [5.41, 5.74) is -5.24. The summed E-state index contributed by atoms with van der Waals surface area (Å²) in [6.07, 6.45) is 0. The van der Waals surface area contributed by atoms with Gasteiger partial charge >= 0.3 is 5.51 Å².